The minimum atomic E-state index is -2.19. The van der Waals surface area contributed by atoms with Gasteiger partial charge in [-0.15, -0.1) is 0 Å². The van der Waals surface area contributed by atoms with Gasteiger partial charge in [0.15, 0.2) is 0 Å². The molecule has 6 aromatic rings. The maximum atomic E-state index is 6.59. The molecule has 2 heteroatoms. The third-order valence-corrected chi connectivity index (χ3v) is 11.3. The number of hydrogen-bond acceptors (Lipinski definition) is 1. The van der Waals surface area contributed by atoms with E-state index in [0.29, 0.717) is 0 Å². The molecule has 0 bridgehead atoms. The van der Waals surface area contributed by atoms with Crippen LogP contribution >= 0.6 is 6.04 Å². The maximum Gasteiger partial charge on any atom is 0.0379 e. The van der Waals surface area contributed by atoms with Gasteiger partial charge in [-0.1, -0.05) is 133 Å². The van der Waals surface area contributed by atoms with Gasteiger partial charge < -0.3 is 0 Å². The Morgan fingerprint density at radius 3 is 1.19 bits per heavy atom. The first-order valence-electron chi connectivity index (χ1n) is 10.8. The third-order valence-electron chi connectivity index (χ3n) is 6.33. The smallest absolute Gasteiger partial charge is 0.0379 e. The van der Waals surface area contributed by atoms with E-state index in [-0.39, 0.29) is 0 Å². The van der Waals surface area contributed by atoms with Gasteiger partial charge in [0.2, 0.25) is 0 Å². The Kier molecular flexibility index (Phi) is 4.68. The molecule has 0 unspecified atom stereocenters. The van der Waals surface area contributed by atoms with Crippen molar-refractivity contribution in [2.75, 3.05) is 0 Å². The van der Waals surface area contributed by atoms with E-state index in [1.807, 2.05) is 0 Å². The molecule has 6 aromatic carbocycles. The van der Waals surface area contributed by atoms with Gasteiger partial charge in [0.1, 0.15) is 0 Å². The second-order valence-electron chi connectivity index (χ2n) is 8.10. The molecule has 6 rings (SSSR count). The number of rotatable bonds is 3. The molecule has 0 spiro atoms. The van der Waals surface area contributed by atoms with E-state index < -0.39 is 6.04 Å². The fourth-order valence-electron chi connectivity index (χ4n) is 4.81. The predicted octanol–water partition coefficient (Wildman–Crippen LogP) is 6.90. The average Bonchev–Trinajstić information content (AvgIpc) is 2.89. The van der Waals surface area contributed by atoms with Crippen LogP contribution in [-0.2, 0) is 11.8 Å². The lowest BCUT2D eigenvalue weighted by atomic mass is 9.94. The molecule has 0 heterocycles. The van der Waals surface area contributed by atoms with Gasteiger partial charge in [-0.25, -0.2) is 0 Å². The molecule has 0 amide bonds. The lowest BCUT2D eigenvalue weighted by Crippen LogP contribution is -2.24. The molecule has 0 nitrogen and oxygen atoms in total. The molecule has 0 atom stereocenters. The van der Waals surface area contributed by atoms with Crippen LogP contribution < -0.4 is 15.9 Å². The predicted molar refractivity (Wildman–Crippen MR) is 145 cm³/mol. The van der Waals surface area contributed by atoms with Gasteiger partial charge in [0, 0.05) is 6.04 Å². The first kappa shape index (κ1) is 19.4. The van der Waals surface area contributed by atoms with Crippen LogP contribution in [0.15, 0.2) is 127 Å². The van der Waals surface area contributed by atoms with Crippen LogP contribution in [0.2, 0.25) is 0 Å². The van der Waals surface area contributed by atoms with Crippen molar-refractivity contribution in [3.8, 4) is 0 Å². The molecule has 0 aliphatic heterocycles. The highest BCUT2D eigenvalue weighted by Crippen LogP contribution is 2.44. The largest absolute Gasteiger partial charge is 0.0826 e. The fourth-order valence-corrected chi connectivity index (χ4v) is 8.56. The Labute approximate surface area is 193 Å². The summed E-state index contributed by atoms with van der Waals surface area (Å²) in [6, 6.07) is 43.5. The molecule has 0 fully saturated rings. The Hall–Kier alpha value is -3.25. The van der Waals surface area contributed by atoms with Crippen molar-refractivity contribution < 1.29 is 0 Å². The van der Waals surface area contributed by atoms with Gasteiger partial charge in [-0.05, 0) is 54.3 Å². The van der Waals surface area contributed by atoms with Crippen molar-refractivity contribution in [2.24, 2.45) is 0 Å². The topological polar surface area (TPSA) is 0 Å². The van der Waals surface area contributed by atoms with Crippen LogP contribution in [-0.4, -0.2) is 0 Å². The molecule has 0 aliphatic rings. The average molecular weight is 445 g/mol. The lowest BCUT2D eigenvalue weighted by Gasteiger charge is -2.25. The standard InChI is InChI=1S/C30H21PS/c32-31(22-11-3-1-4-12-22,23-13-5-2-6-14-23)24-19-20-29-27-17-8-7-15-25(27)26-16-9-10-18-28(26)30(29)21-24/h1-21H. The second-order valence-corrected chi connectivity index (χ2v) is 12.5. The Balaban J connectivity index is 1.73. The zero-order valence-corrected chi connectivity index (χ0v) is 19.2. The summed E-state index contributed by atoms with van der Waals surface area (Å²) >= 11 is 6.59. The van der Waals surface area contributed by atoms with Crippen LogP contribution in [0.5, 0.6) is 0 Å². The van der Waals surface area contributed by atoms with E-state index in [1.165, 1.54) is 48.2 Å². The molecule has 0 aliphatic carbocycles. The van der Waals surface area contributed by atoms with E-state index in [0.717, 1.165) is 0 Å². The number of fused-ring (bicyclic) bond motifs is 6. The van der Waals surface area contributed by atoms with Crippen LogP contribution in [0.25, 0.3) is 32.3 Å². The number of hydrogen-bond donors (Lipinski definition) is 0. The summed E-state index contributed by atoms with van der Waals surface area (Å²) in [5, 5.41) is 11.4. The van der Waals surface area contributed by atoms with E-state index in [4.69, 9.17) is 11.8 Å². The summed E-state index contributed by atoms with van der Waals surface area (Å²) in [6.07, 6.45) is 0. The second kappa shape index (κ2) is 7.71. The van der Waals surface area contributed by atoms with Crippen molar-refractivity contribution in [3.63, 3.8) is 0 Å². The van der Waals surface area contributed by atoms with Crippen molar-refractivity contribution in [1.29, 1.82) is 0 Å². The van der Waals surface area contributed by atoms with Crippen molar-refractivity contribution in [1.82, 2.24) is 0 Å². The summed E-state index contributed by atoms with van der Waals surface area (Å²) in [4.78, 5) is 0. The van der Waals surface area contributed by atoms with Crippen LogP contribution in [0.1, 0.15) is 0 Å². The summed E-state index contributed by atoms with van der Waals surface area (Å²) < 4.78 is 0. The molecule has 0 N–H and O–H groups in total. The summed E-state index contributed by atoms with van der Waals surface area (Å²) in [5.41, 5.74) is 0. The van der Waals surface area contributed by atoms with Crippen LogP contribution in [0.3, 0.4) is 0 Å². The number of benzene rings is 6. The molecular formula is C30H21PS. The van der Waals surface area contributed by atoms with Gasteiger partial charge >= 0.3 is 0 Å². The highest BCUT2D eigenvalue weighted by atomic mass is 32.4. The molecule has 0 saturated carbocycles. The summed E-state index contributed by atoms with van der Waals surface area (Å²) in [5.74, 6) is 0. The zero-order chi connectivity index (χ0) is 21.5. The van der Waals surface area contributed by atoms with Crippen molar-refractivity contribution in [3.05, 3.63) is 127 Å². The monoisotopic (exact) mass is 444 g/mol. The van der Waals surface area contributed by atoms with Crippen molar-refractivity contribution in [2.45, 2.75) is 0 Å². The first-order valence-corrected chi connectivity index (χ1v) is 13.6. The summed E-state index contributed by atoms with van der Waals surface area (Å²) in [6.45, 7) is 0. The minimum absolute atomic E-state index is 1.23. The highest BCUT2D eigenvalue weighted by molar-refractivity contribution is 8.25. The first-order chi connectivity index (χ1) is 15.8. The Morgan fingerprint density at radius 1 is 0.344 bits per heavy atom. The quantitative estimate of drug-likeness (QED) is 0.211. The fraction of sp³-hybridized carbons (Fsp3) is 0. The minimum Gasteiger partial charge on any atom is -0.0826 e. The molecule has 32 heavy (non-hydrogen) atoms. The van der Waals surface area contributed by atoms with Gasteiger partial charge in [-0.2, -0.15) is 0 Å². The molecule has 0 radical (unpaired) electrons. The van der Waals surface area contributed by atoms with Gasteiger partial charge in [-0.3, -0.25) is 0 Å². The third kappa shape index (κ3) is 2.93. The molecular weight excluding hydrogens is 423 g/mol. The van der Waals surface area contributed by atoms with Gasteiger partial charge in [0.05, 0.1) is 0 Å². The molecule has 0 saturated heterocycles. The van der Waals surface area contributed by atoms with E-state index in [9.17, 15) is 0 Å². The Bertz CT molecular complexity index is 1560. The molecule has 152 valence electrons. The van der Waals surface area contributed by atoms with E-state index in [2.05, 4.69) is 127 Å². The van der Waals surface area contributed by atoms with Gasteiger partial charge in [0.25, 0.3) is 0 Å². The highest BCUT2D eigenvalue weighted by Gasteiger charge is 2.25. The van der Waals surface area contributed by atoms with Crippen LogP contribution in [0.4, 0.5) is 0 Å². The van der Waals surface area contributed by atoms with E-state index >= 15 is 0 Å². The summed E-state index contributed by atoms with van der Waals surface area (Å²) in [7, 11) is 0. The maximum absolute atomic E-state index is 6.59. The molecule has 0 aromatic heterocycles. The zero-order valence-electron chi connectivity index (χ0n) is 17.5. The van der Waals surface area contributed by atoms with E-state index in [1.54, 1.807) is 0 Å². The SMILES string of the molecule is S=P(c1ccccc1)(c1ccccc1)c1ccc2c3ccccc3c3ccccc3c2c1. The Morgan fingerprint density at radius 2 is 0.719 bits per heavy atom. The normalized spacial score (nSPS) is 11.9. The van der Waals surface area contributed by atoms with Crippen molar-refractivity contribution >= 4 is 66.1 Å². The lowest BCUT2D eigenvalue weighted by molar-refractivity contribution is 1.75. The van der Waals surface area contributed by atoms with Crippen LogP contribution in [0, 0.1) is 0 Å².